The summed E-state index contributed by atoms with van der Waals surface area (Å²) < 4.78 is 3.21. The highest BCUT2D eigenvalue weighted by atomic mass is 16.1. The van der Waals surface area contributed by atoms with Gasteiger partial charge in [0, 0.05) is 62.5 Å². The van der Waals surface area contributed by atoms with E-state index in [-0.39, 0.29) is 5.56 Å². The maximum absolute atomic E-state index is 12.2. The summed E-state index contributed by atoms with van der Waals surface area (Å²) in [5.74, 6) is 0.805. The summed E-state index contributed by atoms with van der Waals surface area (Å²) in [7, 11) is 1.93. The lowest BCUT2D eigenvalue weighted by Crippen LogP contribution is -2.33. The monoisotopic (exact) mass is 373 g/mol. The Labute approximate surface area is 161 Å². The van der Waals surface area contributed by atoms with Crippen LogP contribution in [0.4, 0.5) is 5.82 Å². The molecule has 0 amide bonds. The minimum absolute atomic E-state index is 0.177. The van der Waals surface area contributed by atoms with Crippen LogP contribution in [0.25, 0.3) is 16.9 Å². The smallest absolute Gasteiger partial charge is 0.274 e. The fourth-order valence-corrected chi connectivity index (χ4v) is 3.76. The third kappa shape index (κ3) is 2.65. The van der Waals surface area contributed by atoms with Crippen molar-refractivity contribution < 1.29 is 0 Å². The van der Waals surface area contributed by atoms with Crippen molar-refractivity contribution >= 4 is 11.5 Å². The van der Waals surface area contributed by atoms with Gasteiger partial charge in [-0.3, -0.25) is 14.5 Å². The van der Waals surface area contributed by atoms with E-state index in [2.05, 4.69) is 31.1 Å². The zero-order chi connectivity index (χ0) is 19.3. The van der Waals surface area contributed by atoms with Gasteiger partial charge < -0.3 is 4.90 Å². The molecule has 4 aromatic rings. The molecule has 0 atom stereocenters. The zero-order valence-corrected chi connectivity index (χ0v) is 15.7. The van der Waals surface area contributed by atoms with Crippen LogP contribution in [-0.2, 0) is 20.0 Å². The molecule has 0 saturated heterocycles. The van der Waals surface area contributed by atoms with Crippen LogP contribution in [0.1, 0.15) is 16.8 Å². The van der Waals surface area contributed by atoms with E-state index >= 15 is 0 Å². The van der Waals surface area contributed by atoms with Crippen molar-refractivity contribution in [3.63, 3.8) is 0 Å². The lowest BCUT2D eigenvalue weighted by atomic mass is 10.0. The molecule has 0 radical (unpaired) electrons. The Morgan fingerprint density at radius 1 is 1.11 bits per heavy atom. The molecule has 0 fully saturated rings. The van der Waals surface area contributed by atoms with Gasteiger partial charge in [0.2, 0.25) is 0 Å². The van der Waals surface area contributed by atoms with Crippen molar-refractivity contribution in [2.24, 2.45) is 7.05 Å². The second-order valence-electron chi connectivity index (χ2n) is 7.05. The highest BCUT2D eigenvalue weighted by Crippen LogP contribution is 2.27. The van der Waals surface area contributed by atoms with Gasteiger partial charge in [0.25, 0.3) is 5.56 Å². The van der Waals surface area contributed by atoms with E-state index < -0.39 is 0 Å². The maximum Gasteiger partial charge on any atom is 0.274 e. The SMILES string of the molecule is Cc1cc2nccc(=O)n2nc1N1CCc2ncc(-c3ccnn3C)cc2C1. The van der Waals surface area contributed by atoms with Gasteiger partial charge in [-0.1, -0.05) is 0 Å². The summed E-state index contributed by atoms with van der Waals surface area (Å²) in [5.41, 5.74) is 5.74. The van der Waals surface area contributed by atoms with Crippen LogP contribution in [0, 0.1) is 6.92 Å². The minimum Gasteiger partial charge on any atom is -0.350 e. The van der Waals surface area contributed by atoms with Gasteiger partial charge in [-0.15, -0.1) is 5.10 Å². The Bertz CT molecular complexity index is 1260. The standard InChI is InChI=1S/C20H19N7O/c1-13-9-18-21-6-4-19(28)27(18)24-20(13)26-8-5-16-15(12-26)10-14(11-22-16)17-3-7-23-25(17)2/h3-4,6-7,9-11H,5,8,12H2,1-2H3. The molecule has 4 aromatic heterocycles. The molecule has 0 N–H and O–H groups in total. The third-order valence-electron chi connectivity index (χ3n) is 5.20. The van der Waals surface area contributed by atoms with E-state index in [4.69, 9.17) is 0 Å². The minimum atomic E-state index is -0.177. The van der Waals surface area contributed by atoms with E-state index in [1.807, 2.05) is 37.0 Å². The predicted molar refractivity (Wildman–Crippen MR) is 105 cm³/mol. The Kier molecular flexibility index (Phi) is 3.71. The highest BCUT2D eigenvalue weighted by molar-refractivity contribution is 5.61. The van der Waals surface area contributed by atoms with Crippen LogP contribution in [0.15, 0.2) is 47.7 Å². The molecule has 8 heteroatoms. The molecule has 5 heterocycles. The number of aromatic nitrogens is 6. The molecule has 5 rings (SSSR count). The second-order valence-corrected chi connectivity index (χ2v) is 7.05. The molecule has 0 unspecified atom stereocenters. The largest absolute Gasteiger partial charge is 0.350 e. The van der Waals surface area contributed by atoms with E-state index in [0.29, 0.717) is 12.2 Å². The van der Waals surface area contributed by atoms with Crippen molar-refractivity contribution in [1.82, 2.24) is 29.4 Å². The number of fused-ring (bicyclic) bond motifs is 2. The quantitative estimate of drug-likeness (QED) is 0.533. The van der Waals surface area contributed by atoms with Crippen molar-refractivity contribution in [3.8, 4) is 11.3 Å². The van der Waals surface area contributed by atoms with Crippen molar-refractivity contribution in [1.29, 1.82) is 0 Å². The Balaban J connectivity index is 1.54. The van der Waals surface area contributed by atoms with Crippen LogP contribution >= 0.6 is 0 Å². The van der Waals surface area contributed by atoms with Crippen LogP contribution in [0.2, 0.25) is 0 Å². The van der Waals surface area contributed by atoms with Gasteiger partial charge in [0.15, 0.2) is 11.5 Å². The molecule has 0 aromatic carbocycles. The Morgan fingerprint density at radius 2 is 2.00 bits per heavy atom. The van der Waals surface area contributed by atoms with Crippen LogP contribution in [-0.4, -0.2) is 35.9 Å². The van der Waals surface area contributed by atoms with Crippen LogP contribution < -0.4 is 10.5 Å². The molecule has 0 aliphatic carbocycles. The number of rotatable bonds is 2. The molecule has 0 saturated carbocycles. The van der Waals surface area contributed by atoms with E-state index in [9.17, 15) is 4.79 Å². The van der Waals surface area contributed by atoms with Gasteiger partial charge in [0.1, 0.15) is 0 Å². The summed E-state index contributed by atoms with van der Waals surface area (Å²) in [5, 5.41) is 8.84. The normalized spacial score (nSPS) is 13.7. The summed E-state index contributed by atoms with van der Waals surface area (Å²) in [6.45, 7) is 3.50. The molecular formula is C20H19N7O. The summed E-state index contributed by atoms with van der Waals surface area (Å²) in [4.78, 5) is 23.3. The number of nitrogens with zero attached hydrogens (tertiary/aromatic N) is 7. The predicted octanol–water partition coefficient (Wildman–Crippen LogP) is 1.76. The number of anilines is 1. The second kappa shape index (κ2) is 6.26. The average Bonchev–Trinajstić information content (AvgIpc) is 3.13. The van der Waals surface area contributed by atoms with E-state index in [1.165, 1.54) is 22.3 Å². The van der Waals surface area contributed by atoms with Crippen molar-refractivity contribution in [3.05, 3.63) is 70.0 Å². The number of hydrogen-bond acceptors (Lipinski definition) is 6. The fraction of sp³-hybridized carbons (Fsp3) is 0.250. The molecule has 140 valence electrons. The fourth-order valence-electron chi connectivity index (χ4n) is 3.76. The molecule has 1 aliphatic rings. The van der Waals surface area contributed by atoms with Crippen LogP contribution in [0.3, 0.4) is 0 Å². The first-order chi connectivity index (χ1) is 13.6. The maximum atomic E-state index is 12.2. The summed E-state index contributed by atoms with van der Waals surface area (Å²) >= 11 is 0. The van der Waals surface area contributed by atoms with Gasteiger partial charge >= 0.3 is 0 Å². The van der Waals surface area contributed by atoms with Crippen molar-refractivity contribution in [2.45, 2.75) is 19.9 Å². The Hall–Kier alpha value is -3.55. The molecule has 8 nitrogen and oxygen atoms in total. The van der Waals surface area contributed by atoms with Gasteiger partial charge in [-0.05, 0) is 36.2 Å². The molecule has 1 aliphatic heterocycles. The topological polar surface area (TPSA) is 81.2 Å². The molecular weight excluding hydrogens is 354 g/mol. The molecule has 0 bridgehead atoms. The number of pyridine rings is 1. The van der Waals surface area contributed by atoms with Crippen molar-refractivity contribution in [2.75, 3.05) is 11.4 Å². The third-order valence-corrected chi connectivity index (χ3v) is 5.20. The van der Waals surface area contributed by atoms with E-state index in [1.54, 1.807) is 6.20 Å². The first kappa shape index (κ1) is 16.6. The average molecular weight is 373 g/mol. The first-order valence-corrected chi connectivity index (χ1v) is 9.17. The summed E-state index contributed by atoms with van der Waals surface area (Å²) in [6, 6.07) is 7.49. The van der Waals surface area contributed by atoms with E-state index in [0.717, 1.165) is 41.3 Å². The highest BCUT2D eigenvalue weighted by Gasteiger charge is 2.22. The molecule has 0 spiro atoms. The molecule has 28 heavy (non-hydrogen) atoms. The lowest BCUT2D eigenvalue weighted by Gasteiger charge is -2.30. The lowest BCUT2D eigenvalue weighted by molar-refractivity contribution is 0.685. The number of hydrogen-bond donors (Lipinski definition) is 0. The first-order valence-electron chi connectivity index (χ1n) is 9.17. The number of aryl methyl sites for hydroxylation is 2. The van der Waals surface area contributed by atoms with Crippen LogP contribution in [0.5, 0.6) is 0 Å². The zero-order valence-electron chi connectivity index (χ0n) is 15.7. The van der Waals surface area contributed by atoms with Gasteiger partial charge in [0.05, 0.1) is 5.69 Å². The summed E-state index contributed by atoms with van der Waals surface area (Å²) in [6.07, 6.45) is 6.05. The van der Waals surface area contributed by atoms with Gasteiger partial charge in [-0.25, -0.2) is 4.98 Å². The Morgan fingerprint density at radius 3 is 2.82 bits per heavy atom. The van der Waals surface area contributed by atoms with Gasteiger partial charge in [-0.2, -0.15) is 9.61 Å².